The second-order valence-corrected chi connectivity index (χ2v) is 11.4. The highest BCUT2D eigenvalue weighted by Gasteiger charge is 2.31. The number of hydrogen-bond donors (Lipinski definition) is 1. The van der Waals surface area contributed by atoms with Gasteiger partial charge in [-0.2, -0.15) is 0 Å². The molecule has 6 rings (SSSR count). The summed E-state index contributed by atoms with van der Waals surface area (Å²) in [5.74, 6) is 1.01. The summed E-state index contributed by atoms with van der Waals surface area (Å²) in [4.78, 5) is 25.0. The van der Waals surface area contributed by atoms with Gasteiger partial charge in [0.15, 0.2) is 0 Å². The van der Waals surface area contributed by atoms with Crippen LogP contribution in [-0.2, 0) is 6.54 Å². The third kappa shape index (κ3) is 5.35. The topological polar surface area (TPSA) is 51.7 Å². The molecule has 0 aliphatic carbocycles. The van der Waals surface area contributed by atoms with Crippen LogP contribution in [0.25, 0.3) is 11.1 Å². The first kappa shape index (κ1) is 25.5. The molecule has 2 aromatic carbocycles. The van der Waals surface area contributed by atoms with Gasteiger partial charge in [0.2, 0.25) is 0 Å². The van der Waals surface area contributed by atoms with Gasteiger partial charge in [-0.1, -0.05) is 35.3 Å². The van der Waals surface area contributed by atoms with Gasteiger partial charge < -0.3 is 20.0 Å². The van der Waals surface area contributed by atoms with E-state index >= 15 is 0 Å². The summed E-state index contributed by atoms with van der Waals surface area (Å²) in [7, 11) is 0. The lowest BCUT2D eigenvalue weighted by molar-refractivity contribution is 0.0709. The highest BCUT2D eigenvalue weighted by molar-refractivity contribution is 6.33. The Kier molecular flexibility index (Phi) is 7.46. The predicted octanol–water partition coefficient (Wildman–Crippen LogP) is 6.19. The minimum Gasteiger partial charge on any atom is -0.367 e. The fourth-order valence-corrected chi connectivity index (χ4v) is 6.35. The number of nitrogens with zero attached hydrogens (tertiary/aromatic N) is 4. The van der Waals surface area contributed by atoms with E-state index in [2.05, 4.69) is 26.1 Å². The number of likely N-dealkylation sites (tertiary alicyclic amines) is 2. The number of hydrogen-bond acceptors (Lipinski definition) is 5. The third-order valence-corrected chi connectivity index (χ3v) is 8.63. The van der Waals surface area contributed by atoms with Crippen molar-refractivity contribution in [3.63, 3.8) is 0 Å². The molecular weight excluding hydrogens is 517 g/mol. The Morgan fingerprint density at radius 3 is 2.58 bits per heavy atom. The average molecular weight is 551 g/mol. The van der Waals surface area contributed by atoms with Crippen LogP contribution >= 0.6 is 23.2 Å². The SMILES string of the molecule is O=C(c1ccc(-c2cnc3c(c2)N(Cc2cc(Cl)ccc2Cl)CCN3)cc1)N1CCC[C@H]1CN1CCCC1. The third-order valence-electron chi connectivity index (χ3n) is 8.02. The zero-order valence-corrected chi connectivity index (χ0v) is 23.0. The normalized spacial score (nSPS) is 19.5. The van der Waals surface area contributed by atoms with Crippen molar-refractivity contribution in [2.75, 3.05) is 49.5 Å². The standard InChI is InChI=1S/C30H33Cl2N5O/c31-25-9-10-27(32)24(16-25)19-36-15-11-33-29-28(36)17-23(18-34-29)21-5-7-22(8-6-21)30(38)37-14-3-4-26(37)20-35-12-1-2-13-35/h5-10,16-18,26H,1-4,11-15,19-20H2,(H,33,34)/t26-/m0/s1. The lowest BCUT2D eigenvalue weighted by Crippen LogP contribution is -2.42. The molecule has 3 aromatic rings. The number of pyridine rings is 1. The van der Waals surface area contributed by atoms with Gasteiger partial charge in [0.1, 0.15) is 5.82 Å². The second-order valence-electron chi connectivity index (χ2n) is 10.6. The van der Waals surface area contributed by atoms with Crippen LogP contribution in [0.2, 0.25) is 10.0 Å². The first-order valence-corrected chi connectivity index (χ1v) is 14.4. The molecule has 0 saturated carbocycles. The monoisotopic (exact) mass is 549 g/mol. The second kappa shape index (κ2) is 11.1. The van der Waals surface area contributed by atoms with E-state index in [1.165, 1.54) is 25.9 Å². The molecule has 8 heteroatoms. The van der Waals surface area contributed by atoms with E-state index in [1.54, 1.807) is 0 Å². The molecule has 6 nitrogen and oxygen atoms in total. The maximum absolute atomic E-state index is 13.4. The smallest absolute Gasteiger partial charge is 0.254 e. The molecule has 1 N–H and O–H groups in total. The van der Waals surface area contributed by atoms with Gasteiger partial charge >= 0.3 is 0 Å². The maximum Gasteiger partial charge on any atom is 0.254 e. The van der Waals surface area contributed by atoms with E-state index in [4.69, 9.17) is 28.2 Å². The van der Waals surface area contributed by atoms with E-state index in [0.717, 1.165) is 72.8 Å². The summed E-state index contributed by atoms with van der Waals surface area (Å²) in [5.41, 5.74) is 4.84. The van der Waals surface area contributed by atoms with Gasteiger partial charge in [0, 0.05) is 66.1 Å². The number of nitrogens with one attached hydrogen (secondary N) is 1. The molecule has 0 bridgehead atoms. The molecule has 3 aliphatic heterocycles. The molecule has 1 atom stereocenters. The summed E-state index contributed by atoms with van der Waals surface area (Å²) in [6.07, 6.45) is 6.65. The Morgan fingerprint density at radius 2 is 1.76 bits per heavy atom. The quantitative estimate of drug-likeness (QED) is 0.397. The zero-order chi connectivity index (χ0) is 26.1. The molecule has 0 unspecified atom stereocenters. The van der Waals surface area contributed by atoms with Crippen molar-refractivity contribution in [3.8, 4) is 11.1 Å². The number of halogens is 2. The lowest BCUT2D eigenvalue weighted by atomic mass is 10.0. The van der Waals surface area contributed by atoms with E-state index in [9.17, 15) is 4.79 Å². The zero-order valence-electron chi connectivity index (χ0n) is 21.5. The van der Waals surface area contributed by atoms with Gasteiger partial charge in [-0.3, -0.25) is 4.79 Å². The van der Waals surface area contributed by atoms with Gasteiger partial charge in [0.05, 0.1) is 5.69 Å². The first-order chi connectivity index (χ1) is 18.5. The Morgan fingerprint density at radius 1 is 0.947 bits per heavy atom. The van der Waals surface area contributed by atoms with Crippen LogP contribution < -0.4 is 10.2 Å². The Labute approximate surface area is 234 Å². The molecule has 1 aromatic heterocycles. The maximum atomic E-state index is 13.4. The lowest BCUT2D eigenvalue weighted by Gasteiger charge is -2.32. The van der Waals surface area contributed by atoms with Crippen LogP contribution in [-0.4, -0.2) is 66.0 Å². The van der Waals surface area contributed by atoms with E-state index < -0.39 is 0 Å². The van der Waals surface area contributed by atoms with E-state index in [1.807, 2.05) is 48.7 Å². The molecule has 3 aliphatic rings. The Bertz CT molecular complexity index is 1310. The van der Waals surface area contributed by atoms with Crippen LogP contribution in [0.4, 0.5) is 11.5 Å². The van der Waals surface area contributed by atoms with Crippen molar-refractivity contribution in [2.45, 2.75) is 38.3 Å². The van der Waals surface area contributed by atoms with Gasteiger partial charge in [0.25, 0.3) is 5.91 Å². The average Bonchev–Trinajstić information content (AvgIpc) is 3.63. The van der Waals surface area contributed by atoms with Crippen LogP contribution in [0.5, 0.6) is 0 Å². The minimum atomic E-state index is 0.149. The van der Waals surface area contributed by atoms with Crippen molar-refractivity contribution >= 4 is 40.6 Å². The van der Waals surface area contributed by atoms with Crippen molar-refractivity contribution in [2.24, 2.45) is 0 Å². The first-order valence-electron chi connectivity index (χ1n) is 13.6. The molecule has 4 heterocycles. The van der Waals surface area contributed by atoms with E-state index in [0.29, 0.717) is 22.6 Å². The number of aromatic nitrogens is 1. The predicted molar refractivity (Wildman–Crippen MR) is 155 cm³/mol. The number of benzene rings is 2. The summed E-state index contributed by atoms with van der Waals surface area (Å²) in [6, 6.07) is 16.1. The molecule has 0 spiro atoms. The number of anilines is 2. The number of rotatable bonds is 6. The Balaban J connectivity index is 1.19. The largest absolute Gasteiger partial charge is 0.367 e. The molecule has 198 valence electrons. The molecule has 1 amide bonds. The van der Waals surface area contributed by atoms with Crippen LogP contribution in [0.15, 0.2) is 54.7 Å². The minimum absolute atomic E-state index is 0.149. The van der Waals surface area contributed by atoms with Crippen molar-refractivity contribution in [1.29, 1.82) is 0 Å². The van der Waals surface area contributed by atoms with Gasteiger partial charge in [-0.05, 0) is 86.3 Å². The number of carbonyl (C=O) groups excluding carboxylic acids is 1. The van der Waals surface area contributed by atoms with Gasteiger partial charge in [-0.25, -0.2) is 4.98 Å². The summed E-state index contributed by atoms with van der Waals surface area (Å²) < 4.78 is 0. The van der Waals surface area contributed by atoms with Crippen molar-refractivity contribution < 1.29 is 4.79 Å². The summed E-state index contributed by atoms with van der Waals surface area (Å²) in [5, 5.41) is 4.79. The summed E-state index contributed by atoms with van der Waals surface area (Å²) >= 11 is 12.7. The molecule has 0 radical (unpaired) electrons. The van der Waals surface area contributed by atoms with Crippen LogP contribution in [0.3, 0.4) is 0 Å². The van der Waals surface area contributed by atoms with Gasteiger partial charge in [-0.15, -0.1) is 0 Å². The van der Waals surface area contributed by atoms with Crippen LogP contribution in [0.1, 0.15) is 41.6 Å². The molecular formula is C30H33Cl2N5O. The summed E-state index contributed by atoms with van der Waals surface area (Å²) in [6.45, 7) is 6.50. The fourth-order valence-electron chi connectivity index (χ4n) is 5.98. The van der Waals surface area contributed by atoms with Crippen molar-refractivity contribution in [3.05, 3.63) is 75.9 Å². The highest BCUT2D eigenvalue weighted by Crippen LogP contribution is 2.34. The van der Waals surface area contributed by atoms with E-state index in [-0.39, 0.29) is 5.91 Å². The Hall–Kier alpha value is -2.80. The fraction of sp³-hybridized carbons (Fsp3) is 0.400. The van der Waals surface area contributed by atoms with Crippen LogP contribution in [0, 0.1) is 0 Å². The number of carbonyl (C=O) groups is 1. The number of amides is 1. The number of fused-ring (bicyclic) bond motifs is 1. The highest BCUT2D eigenvalue weighted by atomic mass is 35.5. The van der Waals surface area contributed by atoms with Crippen molar-refractivity contribution in [1.82, 2.24) is 14.8 Å². The molecule has 2 fully saturated rings. The molecule has 2 saturated heterocycles. The molecule has 38 heavy (non-hydrogen) atoms.